The molecule has 30 heavy (non-hydrogen) atoms. The zero-order valence-corrected chi connectivity index (χ0v) is 19.4. The van der Waals surface area contributed by atoms with Crippen molar-refractivity contribution in [3.8, 4) is 0 Å². The second-order valence-corrected chi connectivity index (χ2v) is 8.24. The highest BCUT2D eigenvalue weighted by Crippen LogP contribution is 2.23. The summed E-state index contributed by atoms with van der Waals surface area (Å²) >= 11 is 12.3. The van der Waals surface area contributed by atoms with Gasteiger partial charge in [-0.25, -0.2) is 0 Å². The van der Waals surface area contributed by atoms with Crippen molar-refractivity contribution in [3.63, 3.8) is 0 Å². The summed E-state index contributed by atoms with van der Waals surface area (Å²) in [6.07, 6.45) is 2.77. The van der Waals surface area contributed by atoms with Crippen molar-refractivity contribution in [2.75, 3.05) is 6.54 Å². The molecule has 2 aromatic carbocycles. The Bertz CT molecular complexity index is 853. The van der Waals surface area contributed by atoms with E-state index in [9.17, 15) is 9.59 Å². The van der Waals surface area contributed by atoms with Gasteiger partial charge >= 0.3 is 0 Å². The van der Waals surface area contributed by atoms with Crippen LogP contribution >= 0.6 is 23.2 Å². The van der Waals surface area contributed by atoms with Crippen LogP contribution in [0.2, 0.25) is 10.0 Å². The molecule has 0 saturated heterocycles. The number of hydrogen-bond donors (Lipinski definition) is 1. The molecule has 0 heterocycles. The lowest BCUT2D eigenvalue weighted by molar-refractivity contribution is -0.140. The van der Waals surface area contributed by atoms with Gasteiger partial charge < -0.3 is 10.2 Å². The molecule has 4 nitrogen and oxygen atoms in total. The smallest absolute Gasteiger partial charge is 0.242 e. The van der Waals surface area contributed by atoms with Crippen LogP contribution in [0.1, 0.15) is 50.3 Å². The van der Waals surface area contributed by atoms with Crippen molar-refractivity contribution in [3.05, 3.63) is 69.2 Å². The Morgan fingerprint density at radius 3 is 2.30 bits per heavy atom. The molecule has 0 spiro atoms. The molecule has 1 N–H and O–H groups in total. The third-order valence-corrected chi connectivity index (χ3v) is 5.72. The molecular formula is C24H30Cl2N2O2. The molecule has 6 heteroatoms. The van der Waals surface area contributed by atoms with E-state index >= 15 is 0 Å². The number of aryl methyl sites for hydroxylation is 2. The molecule has 1 unspecified atom stereocenters. The van der Waals surface area contributed by atoms with Crippen molar-refractivity contribution in [1.82, 2.24) is 10.2 Å². The summed E-state index contributed by atoms with van der Waals surface area (Å²) < 4.78 is 0. The van der Waals surface area contributed by atoms with Gasteiger partial charge in [-0.3, -0.25) is 9.59 Å². The van der Waals surface area contributed by atoms with Gasteiger partial charge in [-0.15, -0.1) is 0 Å². The topological polar surface area (TPSA) is 49.4 Å². The highest BCUT2D eigenvalue weighted by atomic mass is 35.5. The van der Waals surface area contributed by atoms with E-state index in [-0.39, 0.29) is 18.4 Å². The summed E-state index contributed by atoms with van der Waals surface area (Å²) in [6, 6.07) is 12.9. The van der Waals surface area contributed by atoms with Crippen LogP contribution in [-0.2, 0) is 29.0 Å². The number of amides is 2. The predicted octanol–water partition coefficient (Wildman–Crippen LogP) is 5.43. The Labute approximate surface area is 189 Å². The Morgan fingerprint density at radius 2 is 1.70 bits per heavy atom. The van der Waals surface area contributed by atoms with Crippen molar-refractivity contribution in [1.29, 1.82) is 0 Å². The molecule has 162 valence electrons. The van der Waals surface area contributed by atoms with Crippen molar-refractivity contribution in [2.45, 2.75) is 59.0 Å². The normalized spacial score (nSPS) is 11.8. The number of halogens is 2. The van der Waals surface area contributed by atoms with Crippen LogP contribution in [0.4, 0.5) is 0 Å². The van der Waals surface area contributed by atoms with Gasteiger partial charge in [-0.2, -0.15) is 0 Å². The first kappa shape index (κ1) is 24.2. The number of benzene rings is 2. The molecule has 0 bridgehead atoms. The monoisotopic (exact) mass is 448 g/mol. The van der Waals surface area contributed by atoms with Gasteiger partial charge in [0.05, 0.1) is 0 Å². The van der Waals surface area contributed by atoms with Gasteiger partial charge in [-0.1, -0.05) is 67.4 Å². The van der Waals surface area contributed by atoms with E-state index in [1.165, 1.54) is 5.56 Å². The standard InChI is InChI=1S/C24H30Cl2N2O2/c1-4-14-27-24(30)17(3)28(16-20-11-12-21(25)15-22(20)26)23(29)13-10-19-8-6-18(5-2)7-9-19/h6-9,11-12,15,17H,4-5,10,13-14,16H2,1-3H3,(H,27,30). The number of nitrogens with one attached hydrogen (secondary N) is 1. The summed E-state index contributed by atoms with van der Waals surface area (Å²) in [6.45, 7) is 6.69. The van der Waals surface area contributed by atoms with Gasteiger partial charge in [0, 0.05) is 29.6 Å². The largest absolute Gasteiger partial charge is 0.354 e. The molecule has 0 aromatic heterocycles. The number of carbonyl (C=O) groups is 2. The van der Waals surface area contributed by atoms with Gasteiger partial charge in [0.25, 0.3) is 0 Å². The molecule has 0 saturated carbocycles. The third-order valence-electron chi connectivity index (χ3n) is 5.13. The lowest BCUT2D eigenvalue weighted by Crippen LogP contribution is -2.47. The van der Waals surface area contributed by atoms with Crippen LogP contribution in [0.5, 0.6) is 0 Å². The van der Waals surface area contributed by atoms with E-state index in [0.717, 1.165) is 24.0 Å². The maximum atomic E-state index is 13.1. The number of nitrogens with zero attached hydrogens (tertiary/aromatic N) is 1. The lowest BCUT2D eigenvalue weighted by Gasteiger charge is -2.29. The van der Waals surface area contributed by atoms with E-state index in [2.05, 4.69) is 36.5 Å². The molecule has 0 aliphatic heterocycles. The van der Waals surface area contributed by atoms with Crippen LogP contribution in [0.25, 0.3) is 0 Å². The van der Waals surface area contributed by atoms with Gasteiger partial charge in [0.2, 0.25) is 11.8 Å². The van der Waals surface area contributed by atoms with Crippen LogP contribution in [-0.4, -0.2) is 29.3 Å². The van der Waals surface area contributed by atoms with Crippen molar-refractivity contribution >= 4 is 35.0 Å². The van der Waals surface area contributed by atoms with Crippen LogP contribution in [0, 0.1) is 0 Å². The number of rotatable bonds is 10. The van der Waals surface area contributed by atoms with Gasteiger partial charge in [-0.05, 0) is 55.0 Å². The molecule has 2 rings (SSSR count). The Hall–Kier alpha value is -2.04. The maximum absolute atomic E-state index is 13.1. The summed E-state index contributed by atoms with van der Waals surface area (Å²) in [5, 5.41) is 3.89. The second-order valence-electron chi connectivity index (χ2n) is 7.39. The molecule has 0 radical (unpaired) electrons. The van der Waals surface area contributed by atoms with E-state index < -0.39 is 6.04 Å². The average Bonchev–Trinajstić information content (AvgIpc) is 2.75. The first-order valence-electron chi connectivity index (χ1n) is 10.4. The summed E-state index contributed by atoms with van der Waals surface area (Å²) in [4.78, 5) is 27.3. The fourth-order valence-electron chi connectivity index (χ4n) is 3.15. The first-order valence-corrected chi connectivity index (χ1v) is 11.2. The van der Waals surface area contributed by atoms with E-state index in [1.54, 1.807) is 30.0 Å². The van der Waals surface area contributed by atoms with Crippen LogP contribution < -0.4 is 5.32 Å². The third kappa shape index (κ3) is 7.03. The average molecular weight is 449 g/mol. The highest BCUT2D eigenvalue weighted by Gasteiger charge is 2.26. The quantitative estimate of drug-likeness (QED) is 0.526. The highest BCUT2D eigenvalue weighted by molar-refractivity contribution is 6.35. The fourth-order valence-corrected chi connectivity index (χ4v) is 3.62. The number of hydrogen-bond acceptors (Lipinski definition) is 2. The second kappa shape index (κ2) is 12.0. The van der Waals surface area contributed by atoms with Crippen LogP contribution in [0.15, 0.2) is 42.5 Å². The Morgan fingerprint density at radius 1 is 1.03 bits per heavy atom. The molecule has 0 fully saturated rings. The minimum atomic E-state index is -0.599. The zero-order chi connectivity index (χ0) is 22.1. The molecule has 1 atom stereocenters. The van der Waals surface area contributed by atoms with E-state index in [1.807, 2.05) is 6.92 Å². The summed E-state index contributed by atoms with van der Waals surface area (Å²) in [7, 11) is 0. The minimum absolute atomic E-state index is 0.0836. The molecule has 0 aliphatic carbocycles. The fraction of sp³-hybridized carbons (Fsp3) is 0.417. The predicted molar refractivity (Wildman–Crippen MR) is 124 cm³/mol. The summed E-state index contributed by atoms with van der Waals surface area (Å²) in [5.74, 6) is -0.248. The zero-order valence-electron chi connectivity index (χ0n) is 17.9. The maximum Gasteiger partial charge on any atom is 0.242 e. The first-order chi connectivity index (χ1) is 14.3. The molecule has 0 aliphatic rings. The SMILES string of the molecule is CCCNC(=O)C(C)N(Cc1ccc(Cl)cc1Cl)C(=O)CCc1ccc(CC)cc1. The Kier molecular flexibility index (Phi) is 9.67. The number of carbonyl (C=O) groups excluding carboxylic acids is 2. The Balaban J connectivity index is 2.15. The van der Waals surface area contributed by atoms with Gasteiger partial charge in [0.1, 0.15) is 6.04 Å². The van der Waals surface area contributed by atoms with E-state index in [0.29, 0.717) is 29.4 Å². The van der Waals surface area contributed by atoms with Gasteiger partial charge in [0.15, 0.2) is 0 Å². The minimum Gasteiger partial charge on any atom is -0.354 e. The van der Waals surface area contributed by atoms with Crippen LogP contribution in [0.3, 0.4) is 0 Å². The van der Waals surface area contributed by atoms with Crippen molar-refractivity contribution < 1.29 is 9.59 Å². The molecular weight excluding hydrogens is 419 g/mol. The van der Waals surface area contributed by atoms with Crippen molar-refractivity contribution in [2.24, 2.45) is 0 Å². The summed E-state index contributed by atoms with van der Waals surface area (Å²) in [5.41, 5.74) is 3.13. The molecule has 2 aromatic rings. The van der Waals surface area contributed by atoms with E-state index in [4.69, 9.17) is 23.2 Å². The molecule has 2 amide bonds. The lowest BCUT2D eigenvalue weighted by atomic mass is 10.0.